The predicted octanol–water partition coefficient (Wildman–Crippen LogP) is 0.784. The molecule has 0 fully saturated rings. The van der Waals surface area contributed by atoms with Crippen molar-refractivity contribution in [3.8, 4) is 0 Å². The minimum atomic E-state index is -0.833. The number of nitrogens with one attached hydrogen (secondary N) is 1. The second-order valence-corrected chi connectivity index (χ2v) is 4.71. The number of nitrogen functional groups attached to an aromatic ring is 1. The summed E-state index contributed by atoms with van der Waals surface area (Å²) in [7, 11) is 0. The Labute approximate surface area is 135 Å². The van der Waals surface area contributed by atoms with Gasteiger partial charge in [-0.05, 0) is 6.07 Å². The second-order valence-electron chi connectivity index (χ2n) is 4.71. The molecule has 0 aliphatic carbocycles. The lowest BCUT2D eigenvalue weighted by Crippen LogP contribution is -2.13. The Morgan fingerprint density at radius 3 is 2.58 bits per heavy atom. The summed E-state index contributed by atoms with van der Waals surface area (Å²) in [5.74, 6) is -1.56. The molecule has 3 heterocycles. The molecule has 0 unspecified atom stereocenters. The molecule has 0 saturated heterocycles. The van der Waals surface area contributed by atoms with E-state index >= 15 is 0 Å². The van der Waals surface area contributed by atoms with Gasteiger partial charge in [0.05, 0.1) is 18.1 Å². The molecule has 24 heavy (non-hydrogen) atoms. The van der Waals surface area contributed by atoms with Gasteiger partial charge < -0.3 is 10.8 Å². The first kappa shape index (κ1) is 16.9. The first-order valence-electron chi connectivity index (χ1n) is 6.68. The molecule has 9 nitrogen and oxygen atoms in total. The minimum Gasteiger partial charge on any atom is -0.481 e. The lowest BCUT2D eigenvalue weighted by molar-refractivity contribution is -0.134. The van der Waals surface area contributed by atoms with Crippen molar-refractivity contribution in [2.45, 2.75) is 13.5 Å². The van der Waals surface area contributed by atoms with Gasteiger partial charge >= 0.3 is 0 Å². The fraction of sp³-hybridized carbons (Fsp3) is 0.143. The van der Waals surface area contributed by atoms with Gasteiger partial charge in [-0.3, -0.25) is 10.2 Å². The zero-order chi connectivity index (χ0) is 17.7. The van der Waals surface area contributed by atoms with Gasteiger partial charge in [-0.2, -0.15) is 5.10 Å². The molecular weight excluding hydrogens is 317 g/mol. The fourth-order valence-electron chi connectivity index (χ4n) is 1.93. The van der Waals surface area contributed by atoms with E-state index in [0.717, 1.165) is 18.7 Å². The van der Waals surface area contributed by atoms with Crippen LogP contribution in [0.15, 0.2) is 31.0 Å². The normalized spacial score (nSPS) is 10.1. The number of amidine groups is 1. The Hall–Kier alpha value is -3.43. The summed E-state index contributed by atoms with van der Waals surface area (Å²) in [6, 6.07) is 1.27. The van der Waals surface area contributed by atoms with Gasteiger partial charge in [0.1, 0.15) is 23.7 Å². The average Bonchev–Trinajstić information content (AvgIpc) is 2.86. The van der Waals surface area contributed by atoms with Crippen molar-refractivity contribution in [1.29, 1.82) is 5.41 Å². The molecule has 0 saturated carbocycles. The van der Waals surface area contributed by atoms with Crippen molar-refractivity contribution >= 4 is 22.8 Å². The van der Waals surface area contributed by atoms with Crippen LogP contribution in [0.1, 0.15) is 18.2 Å². The molecule has 10 heteroatoms. The zero-order valence-electron chi connectivity index (χ0n) is 12.6. The maximum Gasteiger partial charge on any atom is 0.300 e. The van der Waals surface area contributed by atoms with Crippen molar-refractivity contribution in [3.63, 3.8) is 0 Å². The molecule has 0 aromatic carbocycles. The number of carbonyl (C=O) groups is 1. The van der Waals surface area contributed by atoms with E-state index in [-0.39, 0.29) is 11.5 Å². The number of halogens is 1. The highest BCUT2D eigenvalue weighted by molar-refractivity contribution is 6.04. The molecule has 124 valence electrons. The van der Waals surface area contributed by atoms with Gasteiger partial charge in [0.15, 0.2) is 5.65 Å². The smallest absolute Gasteiger partial charge is 0.300 e. The van der Waals surface area contributed by atoms with Crippen LogP contribution in [0.25, 0.3) is 11.0 Å². The molecule has 0 spiro atoms. The molecular formula is C14H14FN7O2. The molecule has 3 aromatic rings. The number of nitrogens with zero attached hydrogens (tertiary/aromatic N) is 5. The third-order valence-corrected chi connectivity index (χ3v) is 2.76. The highest BCUT2D eigenvalue weighted by atomic mass is 19.1. The average molecular weight is 331 g/mol. The van der Waals surface area contributed by atoms with Gasteiger partial charge in [-0.15, -0.1) is 0 Å². The summed E-state index contributed by atoms with van der Waals surface area (Å²) in [6.45, 7) is 1.45. The topological polar surface area (TPSA) is 144 Å². The number of hydrogen-bond acceptors (Lipinski definition) is 6. The van der Waals surface area contributed by atoms with Gasteiger partial charge in [0.25, 0.3) is 5.97 Å². The number of nitrogens with two attached hydrogens (primary N) is 1. The standard InChI is InChI=1S/C12H10FN7.C2H4O2/c13-8-1-9-10(11(14)15)19-20(12(9)18-4-8)5-7-2-16-6-17-3-7;1-2(3)4/h1-4,6H,5H2,(H3,14,15);1H3,(H,3,4). The first-order valence-corrected chi connectivity index (χ1v) is 6.68. The van der Waals surface area contributed by atoms with Crippen LogP contribution in [0, 0.1) is 11.2 Å². The summed E-state index contributed by atoms with van der Waals surface area (Å²) in [6.07, 6.45) is 5.83. The number of aromatic nitrogens is 5. The number of carboxylic acid groups (broad SMARTS) is 1. The van der Waals surface area contributed by atoms with E-state index in [1.165, 1.54) is 12.4 Å². The van der Waals surface area contributed by atoms with Gasteiger partial charge in [0, 0.05) is 24.9 Å². The largest absolute Gasteiger partial charge is 0.481 e. The number of hydrogen-bond donors (Lipinski definition) is 3. The van der Waals surface area contributed by atoms with E-state index in [1.807, 2.05) is 0 Å². The molecule has 0 radical (unpaired) electrons. The molecule has 0 amide bonds. The van der Waals surface area contributed by atoms with Crippen LogP contribution < -0.4 is 5.73 Å². The molecule has 0 atom stereocenters. The minimum absolute atomic E-state index is 0.212. The summed E-state index contributed by atoms with van der Waals surface area (Å²) in [5.41, 5.74) is 6.96. The van der Waals surface area contributed by atoms with E-state index in [1.54, 1.807) is 17.1 Å². The molecule has 4 N–H and O–H groups in total. The number of carboxylic acids is 1. The van der Waals surface area contributed by atoms with Gasteiger partial charge in [-0.1, -0.05) is 0 Å². The van der Waals surface area contributed by atoms with Crippen molar-refractivity contribution in [2.24, 2.45) is 5.73 Å². The summed E-state index contributed by atoms with van der Waals surface area (Å²) in [5, 5.41) is 19.5. The number of aliphatic carboxylic acids is 1. The van der Waals surface area contributed by atoms with Crippen LogP contribution in [0.2, 0.25) is 0 Å². The highest BCUT2D eigenvalue weighted by Crippen LogP contribution is 2.18. The monoisotopic (exact) mass is 331 g/mol. The first-order chi connectivity index (χ1) is 11.4. The zero-order valence-corrected chi connectivity index (χ0v) is 12.6. The van der Waals surface area contributed by atoms with Crippen molar-refractivity contribution in [1.82, 2.24) is 24.7 Å². The van der Waals surface area contributed by atoms with Gasteiger partial charge in [-0.25, -0.2) is 24.0 Å². The Morgan fingerprint density at radius 2 is 2.00 bits per heavy atom. The van der Waals surface area contributed by atoms with Crippen molar-refractivity contribution < 1.29 is 14.3 Å². The van der Waals surface area contributed by atoms with Crippen LogP contribution in [0.5, 0.6) is 0 Å². The lowest BCUT2D eigenvalue weighted by Gasteiger charge is -2.01. The van der Waals surface area contributed by atoms with E-state index in [9.17, 15) is 4.39 Å². The molecule has 0 aliphatic heterocycles. The Kier molecular flexibility index (Phi) is 5.09. The number of fused-ring (bicyclic) bond motifs is 1. The van der Waals surface area contributed by atoms with Crippen molar-refractivity contribution in [3.05, 3.63) is 48.1 Å². The Morgan fingerprint density at radius 1 is 1.38 bits per heavy atom. The molecule has 0 aliphatic rings. The van der Waals surface area contributed by atoms with E-state index in [4.69, 9.17) is 21.0 Å². The van der Waals surface area contributed by atoms with Crippen LogP contribution in [0.4, 0.5) is 4.39 Å². The molecule has 3 rings (SSSR count). The summed E-state index contributed by atoms with van der Waals surface area (Å²) < 4.78 is 14.8. The Bertz CT molecular complexity index is 875. The maximum absolute atomic E-state index is 13.3. The van der Waals surface area contributed by atoms with Crippen molar-refractivity contribution in [2.75, 3.05) is 0 Å². The van der Waals surface area contributed by atoms with E-state index in [2.05, 4.69) is 20.1 Å². The fourth-order valence-corrected chi connectivity index (χ4v) is 1.93. The Balaban J connectivity index is 0.000000471. The second kappa shape index (κ2) is 7.22. The lowest BCUT2D eigenvalue weighted by atomic mass is 10.2. The number of rotatable bonds is 3. The van der Waals surface area contributed by atoms with E-state index < -0.39 is 11.8 Å². The number of pyridine rings is 1. The quantitative estimate of drug-likeness (QED) is 0.475. The summed E-state index contributed by atoms with van der Waals surface area (Å²) in [4.78, 5) is 20.8. The molecule has 0 bridgehead atoms. The van der Waals surface area contributed by atoms with Crippen LogP contribution in [-0.2, 0) is 11.3 Å². The maximum atomic E-state index is 13.3. The van der Waals surface area contributed by atoms with Crippen LogP contribution >= 0.6 is 0 Å². The predicted molar refractivity (Wildman–Crippen MR) is 82.9 cm³/mol. The third-order valence-electron chi connectivity index (χ3n) is 2.76. The van der Waals surface area contributed by atoms with Crippen LogP contribution in [0.3, 0.4) is 0 Å². The SMILES string of the molecule is CC(=O)O.N=C(N)c1nn(Cc2cncnc2)c2ncc(F)cc12. The third kappa shape index (κ3) is 4.06. The highest BCUT2D eigenvalue weighted by Gasteiger charge is 2.15. The summed E-state index contributed by atoms with van der Waals surface area (Å²) >= 11 is 0. The van der Waals surface area contributed by atoms with Crippen LogP contribution in [-0.4, -0.2) is 41.6 Å². The van der Waals surface area contributed by atoms with Gasteiger partial charge in [0.2, 0.25) is 0 Å². The van der Waals surface area contributed by atoms with E-state index in [0.29, 0.717) is 17.6 Å². The molecule has 3 aromatic heterocycles.